The molecule has 1 N–H and O–H groups in total. The van der Waals surface area contributed by atoms with Crippen molar-refractivity contribution in [3.05, 3.63) is 48.0 Å². The summed E-state index contributed by atoms with van der Waals surface area (Å²) in [5.41, 5.74) is 2.53. The number of carbonyl (C=O) groups excluding carboxylic acids is 1. The molecule has 1 aromatic carbocycles. The quantitative estimate of drug-likeness (QED) is 0.608. The summed E-state index contributed by atoms with van der Waals surface area (Å²) in [6.45, 7) is 6.14. The van der Waals surface area contributed by atoms with Crippen LogP contribution in [0.25, 0.3) is 0 Å². The van der Waals surface area contributed by atoms with Crippen LogP contribution >= 0.6 is 0 Å². The molecule has 1 aromatic rings. The van der Waals surface area contributed by atoms with Gasteiger partial charge in [0.15, 0.2) is 0 Å². The van der Waals surface area contributed by atoms with Gasteiger partial charge < -0.3 is 10.2 Å². The Morgan fingerprint density at radius 3 is 2.56 bits per heavy atom. The number of rotatable bonds is 4. The Balaban J connectivity index is 1.90. The van der Waals surface area contributed by atoms with Crippen LogP contribution in [-0.4, -0.2) is 23.9 Å². The fourth-order valence-electron chi connectivity index (χ4n) is 1.90. The molecule has 0 saturated carbocycles. The van der Waals surface area contributed by atoms with E-state index >= 15 is 0 Å². The van der Waals surface area contributed by atoms with Crippen molar-refractivity contribution in [2.75, 3.05) is 13.1 Å². The van der Waals surface area contributed by atoms with Crippen LogP contribution in [-0.2, 0) is 17.9 Å². The van der Waals surface area contributed by atoms with Crippen LogP contribution < -0.4 is 5.32 Å². The van der Waals surface area contributed by atoms with Gasteiger partial charge in [0.1, 0.15) is 0 Å². The molecule has 0 aromatic heterocycles. The molecule has 0 aliphatic carbocycles. The van der Waals surface area contributed by atoms with Gasteiger partial charge in [-0.3, -0.25) is 4.79 Å². The summed E-state index contributed by atoms with van der Waals surface area (Å²) >= 11 is 0. The maximum Gasteiger partial charge on any atom is 0.237 e. The number of nitrogens with zero attached hydrogens (tertiary/aromatic N) is 1. The number of nitrogens with one attached hydrogen (secondary N) is 1. The van der Waals surface area contributed by atoms with Crippen LogP contribution in [0.5, 0.6) is 0 Å². The largest absolute Gasteiger partial charge is 0.333 e. The third kappa shape index (κ3) is 2.31. The zero-order chi connectivity index (χ0) is 11.4. The molecular weight excluding hydrogens is 200 g/mol. The molecule has 0 atom stereocenters. The fraction of sp³-hybridized carbons (Fsp3) is 0.308. The molecule has 0 radical (unpaired) electrons. The molecule has 84 valence electrons. The molecule has 1 aliphatic rings. The molecule has 1 aliphatic heterocycles. The highest BCUT2D eigenvalue weighted by atomic mass is 16.2. The number of carbonyl (C=O) groups is 1. The second kappa shape index (κ2) is 4.94. The Morgan fingerprint density at radius 1 is 1.38 bits per heavy atom. The lowest BCUT2D eigenvalue weighted by Gasteiger charge is -2.15. The summed E-state index contributed by atoms with van der Waals surface area (Å²) in [5.74, 6) is 0.151. The number of benzene rings is 1. The lowest BCUT2D eigenvalue weighted by atomic mass is 10.1. The zero-order valence-corrected chi connectivity index (χ0v) is 9.28. The summed E-state index contributed by atoms with van der Waals surface area (Å²) in [6.07, 6.45) is 1.76. The Bertz CT molecular complexity index is 376. The molecule has 0 spiro atoms. The van der Waals surface area contributed by atoms with Crippen molar-refractivity contribution in [3.63, 3.8) is 0 Å². The first-order valence-electron chi connectivity index (χ1n) is 5.47. The van der Waals surface area contributed by atoms with Gasteiger partial charge in [-0.05, 0) is 11.1 Å². The normalized spacial score (nSPS) is 13.6. The van der Waals surface area contributed by atoms with Crippen molar-refractivity contribution in [2.45, 2.75) is 13.1 Å². The van der Waals surface area contributed by atoms with E-state index in [1.54, 1.807) is 6.08 Å². The summed E-state index contributed by atoms with van der Waals surface area (Å²) < 4.78 is 0. The van der Waals surface area contributed by atoms with Crippen LogP contribution in [0.1, 0.15) is 11.1 Å². The summed E-state index contributed by atoms with van der Waals surface area (Å²) in [4.78, 5) is 13.7. The van der Waals surface area contributed by atoms with E-state index in [-0.39, 0.29) is 5.91 Å². The highest BCUT2D eigenvalue weighted by Gasteiger charge is 2.21. The van der Waals surface area contributed by atoms with E-state index < -0.39 is 0 Å². The van der Waals surface area contributed by atoms with Crippen LogP contribution in [0, 0.1) is 0 Å². The predicted octanol–water partition coefficient (Wildman–Crippen LogP) is 1.30. The molecule has 0 fully saturated rings. The molecule has 1 heterocycles. The number of fused-ring (bicyclic) bond motifs is 1. The van der Waals surface area contributed by atoms with Gasteiger partial charge in [-0.15, -0.1) is 6.58 Å². The average molecular weight is 216 g/mol. The topological polar surface area (TPSA) is 32.3 Å². The highest BCUT2D eigenvalue weighted by Crippen LogP contribution is 2.21. The van der Waals surface area contributed by atoms with Crippen molar-refractivity contribution in [1.82, 2.24) is 10.2 Å². The number of hydrogen-bond acceptors (Lipinski definition) is 2. The van der Waals surface area contributed by atoms with Gasteiger partial charge in [0.05, 0.1) is 6.54 Å². The van der Waals surface area contributed by atoms with Gasteiger partial charge in [-0.25, -0.2) is 0 Å². The van der Waals surface area contributed by atoms with E-state index in [2.05, 4.69) is 24.0 Å². The summed E-state index contributed by atoms with van der Waals surface area (Å²) in [6, 6.07) is 8.20. The number of amides is 1. The summed E-state index contributed by atoms with van der Waals surface area (Å²) in [5, 5.41) is 3.03. The molecule has 3 heteroatoms. The van der Waals surface area contributed by atoms with Gasteiger partial charge in [-0.1, -0.05) is 30.3 Å². The minimum Gasteiger partial charge on any atom is -0.333 e. The minimum atomic E-state index is 0.151. The van der Waals surface area contributed by atoms with Gasteiger partial charge >= 0.3 is 0 Å². The molecule has 2 rings (SSSR count). The monoisotopic (exact) mass is 216 g/mol. The first-order valence-corrected chi connectivity index (χ1v) is 5.47. The van der Waals surface area contributed by atoms with E-state index in [0.29, 0.717) is 13.1 Å². The Hall–Kier alpha value is -1.61. The molecule has 0 bridgehead atoms. The van der Waals surface area contributed by atoms with E-state index in [1.165, 1.54) is 11.1 Å². The van der Waals surface area contributed by atoms with E-state index in [4.69, 9.17) is 0 Å². The van der Waals surface area contributed by atoms with Crippen LogP contribution in [0.4, 0.5) is 0 Å². The Morgan fingerprint density at radius 2 is 2.00 bits per heavy atom. The third-order valence-electron chi connectivity index (χ3n) is 2.76. The van der Waals surface area contributed by atoms with E-state index in [1.807, 2.05) is 17.0 Å². The standard InChI is InChI=1S/C13H16N2O/c1-2-7-14-8-13(16)15-9-11-5-3-4-6-12(11)10-15/h2-6,14H,1,7-10H2. The van der Waals surface area contributed by atoms with Crippen molar-refractivity contribution >= 4 is 5.91 Å². The second-order valence-electron chi connectivity index (χ2n) is 3.94. The summed E-state index contributed by atoms with van der Waals surface area (Å²) in [7, 11) is 0. The van der Waals surface area contributed by atoms with Crippen molar-refractivity contribution in [3.8, 4) is 0 Å². The fourth-order valence-corrected chi connectivity index (χ4v) is 1.90. The zero-order valence-electron chi connectivity index (χ0n) is 9.28. The van der Waals surface area contributed by atoms with Crippen LogP contribution in [0.3, 0.4) is 0 Å². The van der Waals surface area contributed by atoms with Crippen molar-refractivity contribution < 1.29 is 4.79 Å². The maximum absolute atomic E-state index is 11.8. The smallest absolute Gasteiger partial charge is 0.237 e. The first kappa shape index (κ1) is 10.9. The molecule has 3 nitrogen and oxygen atoms in total. The van der Waals surface area contributed by atoms with E-state index in [9.17, 15) is 4.79 Å². The van der Waals surface area contributed by atoms with Crippen LogP contribution in [0.2, 0.25) is 0 Å². The Kier molecular flexibility index (Phi) is 3.37. The first-order chi connectivity index (χ1) is 7.81. The second-order valence-corrected chi connectivity index (χ2v) is 3.94. The van der Waals surface area contributed by atoms with E-state index in [0.717, 1.165) is 13.1 Å². The third-order valence-corrected chi connectivity index (χ3v) is 2.76. The van der Waals surface area contributed by atoms with Crippen molar-refractivity contribution in [2.24, 2.45) is 0 Å². The van der Waals surface area contributed by atoms with Gasteiger partial charge in [0.25, 0.3) is 0 Å². The molecule has 16 heavy (non-hydrogen) atoms. The number of hydrogen-bond donors (Lipinski definition) is 1. The minimum absolute atomic E-state index is 0.151. The molecule has 0 unspecified atom stereocenters. The van der Waals surface area contributed by atoms with Crippen LogP contribution in [0.15, 0.2) is 36.9 Å². The molecule has 1 amide bonds. The predicted molar refractivity (Wildman–Crippen MR) is 63.8 cm³/mol. The Labute approximate surface area is 95.8 Å². The maximum atomic E-state index is 11.8. The highest BCUT2D eigenvalue weighted by molar-refractivity contribution is 5.79. The average Bonchev–Trinajstić information content (AvgIpc) is 2.73. The lowest BCUT2D eigenvalue weighted by Crippen LogP contribution is -2.34. The molecule has 0 saturated heterocycles. The van der Waals surface area contributed by atoms with Crippen molar-refractivity contribution in [1.29, 1.82) is 0 Å². The van der Waals surface area contributed by atoms with Gasteiger partial charge in [0.2, 0.25) is 5.91 Å². The molecular formula is C13H16N2O. The van der Waals surface area contributed by atoms with Gasteiger partial charge in [0, 0.05) is 19.6 Å². The SMILES string of the molecule is C=CCNCC(=O)N1Cc2ccccc2C1. The van der Waals surface area contributed by atoms with Gasteiger partial charge in [-0.2, -0.15) is 0 Å². The lowest BCUT2D eigenvalue weighted by molar-refractivity contribution is -0.130.